The molecule has 14 heavy (non-hydrogen) atoms. The van der Waals surface area contributed by atoms with Gasteiger partial charge in [0.1, 0.15) is 0 Å². The fourth-order valence-electron chi connectivity index (χ4n) is 0.922. The lowest BCUT2D eigenvalue weighted by atomic mass is 10.2. The molecule has 6 nitrogen and oxygen atoms in total. The Balaban J connectivity index is 2.99. The zero-order chi connectivity index (χ0) is 10.8. The van der Waals surface area contributed by atoms with Gasteiger partial charge >= 0.3 is 0 Å². The van der Waals surface area contributed by atoms with Crippen LogP contribution in [0.4, 0.5) is 0 Å². The predicted molar refractivity (Wildman–Crippen MR) is 54.2 cm³/mol. The normalized spacial score (nSPS) is 9.43. The van der Waals surface area contributed by atoms with Crippen molar-refractivity contribution in [1.82, 2.24) is 0 Å². The van der Waals surface area contributed by atoms with Gasteiger partial charge in [-0.3, -0.25) is 10.8 Å². The van der Waals surface area contributed by atoms with Crippen LogP contribution in [0.15, 0.2) is 0 Å². The molecular weight excluding hydrogens is 184 g/mol. The van der Waals surface area contributed by atoms with Crippen molar-refractivity contribution < 1.29 is 9.47 Å². The molecule has 0 aliphatic heterocycles. The molecule has 0 saturated heterocycles. The molecule has 0 saturated carbocycles. The number of hydrogen-bond donors (Lipinski definition) is 4. The Morgan fingerprint density at radius 1 is 0.786 bits per heavy atom. The molecule has 0 spiro atoms. The minimum absolute atomic E-state index is 0.232. The highest BCUT2D eigenvalue weighted by Crippen LogP contribution is 2.00. The van der Waals surface area contributed by atoms with Crippen molar-refractivity contribution in [3.8, 4) is 0 Å². The average Bonchev–Trinajstić information content (AvgIpc) is 2.08. The van der Waals surface area contributed by atoms with Crippen molar-refractivity contribution in [1.29, 1.82) is 10.8 Å². The molecule has 0 aromatic heterocycles. The van der Waals surface area contributed by atoms with Crippen LogP contribution in [0.5, 0.6) is 0 Å². The van der Waals surface area contributed by atoms with Gasteiger partial charge in [0, 0.05) is 0 Å². The van der Waals surface area contributed by atoms with E-state index in [1.807, 2.05) is 0 Å². The first-order valence-corrected chi connectivity index (χ1v) is 4.56. The molecule has 0 heterocycles. The fourth-order valence-corrected chi connectivity index (χ4v) is 0.922. The topological polar surface area (TPSA) is 118 Å². The molecule has 0 rings (SSSR count). The lowest BCUT2D eigenvalue weighted by molar-refractivity contribution is 0.269. The van der Waals surface area contributed by atoms with Crippen molar-refractivity contribution in [2.75, 3.05) is 13.2 Å². The summed E-state index contributed by atoms with van der Waals surface area (Å²) >= 11 is 0. The second-order valence-electron chi connectivity index (χ2n) is 2.84. The van der Waals surface area contributed by atoms with Crippen LogP contribution in [0.25, 0.3) is 0 Å². The van der Waals surface area contributed by atoms with E-state index in [4.69, 9.17) is 31.8 Å². The second-order valence-corrected chi connectivity index (χ2v) is 2.84. The van der Waals surface area contributed by atoms with E-state index >= 15 is 0 Å². The number of unbranched alkanes of at least 4 members (excludes halogenated alkanes) is 3. The Hall–Kier alpha value is -1.46. The first-order valence-electron chi connectivity index (χ1n) is 4.56. The molecule has 0 fully saturated rings. The van der Waals surface area contributed by atoms with E-state index in [9.17, 15) is 0 Å². The molecule has 0 bridgehead atoms. The molecule has 82 valence electrons. The zero-order valence-corrected chi connectivity index (χ0v) is 8.21. The summed E-state index contributed by atoms with van der Waals surface area (Å²) in [6.45, 7) is 0.978. The van der Waals surface area contributed by atoms with Gasteiger partial charge < -0.3 is 20.9 Å². The van der Waals surface area contributed by atoms with E-state index in [0.717, 1.165) is 25.7 Å². The summed E-state index contributed by atoms with van der Waals surface area (Å²) in [6, 6.07) is -0.463. The van der Waals surface area contributed by atoms with Gasteiger partial charge in [0.25, 0.3) is 12.0 Å². The number of amidine groups is 2. The summed E-state index contributed by atoms with van der Waals surface area (Å²) in [7, 11) is 0. The van der Waals surface area contributed by atoms with Crippen molar-refractivity contribution in [2.24, 2.45) is 11.5 Å². The van der Waals surface area contributed by atoms with Gasteiger partial charge in [-0.25, -0.2) is 0 Å². The largest absolute Gasteiger partial charge is 0.466 e. The Morgan fingerprint density at radius 2 is 1.14 bits per heavy atom. The third-order valence-electron chi connectivity index (χ3n) is 1.55. The SMILES string of the molecule is N=C(N)OCCCCCCOC(=N)N. The molecule has 0 aromatic carbocycles. The summed E-state index contributed by atoms with van der Waals surface area (Å²) in [5.41, 5.74) is 9.98. The van der Waals surface area contributed by atoms with Crippen LogP contribution in [-0.4, -0.2) is 25.3 Å². The number of hydrogen-bond acceptors (Lipinski definition) is 4. The van der Waals surface area contributed by atoms with E-state index in [1.54, 1.807) is 0 Å². The fraction of sp³-hybridized carbons (Fsp3) is 0.750. The number of rotatable bonds is 7. The Labute approximate surface area is 83.6 Å². The predicted octanol–water partition coefficient (Wildman–Crippen LogP) is 0.367. The molecule has 0 aliphatic rings. The van der Waals surface area contributed by atoms with E-state index in [-0.39, 0.29) is 12.0 Å². The number of ether oxygens (including phenoxy) is 2. The highest BCUT2D eigenvalue weighted by molar-refractivity contribution is 5.67. The standard InChI is InChI=1S/C8H18N4O2/c9-7(10)13-5-3-1-2-4-6-14-8(11)12/h1-6H2,(H3,9,10)(H3,11,12). The minimum atomic E-state index is -0.232. The molecule has 0 unspecified atom stereocenters. The van der Waals surface area contributed by atoms with Crippen molar-refractivity contribution in [3.05, 3.63) is 0 Å². The molecule has 6 heteroatoms. The highest BCUT2D eigenvalue weighted by Gasteiger charge is 1.93. The molecule has 0 aromatic rings. The van der Waals surface area contributed by atoms with Crippen LogP contribution in [0.3, 0.4) is 0 Å². The molecule has 0 amide bonds. The van der Waals surface area contributed by atoms with Gasteiger partial charge in [0.15, 0.2) is 0 Å². The minimum Gasteiger partial charge on any atom is -0.466 e. The van der Waals surface area contributed by atoms with Crippen LogP contribution in [0, 0.1) is 10.8 Å². The van der Waals surface area contributed by atoms with E-state index in [1.165, 1.54) is 0 Å². The Morgan fingerprint density at radius 3 is 1.43 bits per heavy atom. The van der Waals surface area contributed by atoms with E-state index in [0.29, 0.717) is 13.2 Å². The summed E-state index contributed by atoms with van der Waals surface area (Å²) in [5, 5.41) is 13.6. The van der Waals surface area contributed by atoms with Gasteiger partial charge in [0.2, 0.25) is 0 Å². The smallest absolute Gasteiger partial charge is 0.278 e. The molecule has 0 aliphatic carbocycles. The monoisotopic (exact) mass is 202 g/mol. The van der Waals surface area contributed by atoms with E-state index in [2.05, 4.69) is 0 Å². The quantitative estimate of drug-likeness (QED) is 0.271. The van der Waals surface area contributed by atoms with Crippen molar-refractivity contribution >= 4 is 12.0 Å². The lowest BCUT2D eigenvalue weighted by Gasteiger charge is -2.04. The average molecular weight is 202 g/mol. The maximum atomic E-state index is 6.79. The summed E-state index contributed by atoms with van der Waals surface area (Å²) < 4.78 is 9.52. The molecular formula is C8H18N4O2. The van der Waals surface area contributed by atoms with E-state index < -0.39 is 0 Å². The Bertz CT molecular complexity index is 164. The van der Waals surface area contributed by atoms with Crippen molar-refractivity contribution in [3.63, 3.8) is 0 Å². The summed E-state index contributed by atoms with van der Waals surface area (Å²) in [6.07, 6.45) is 3.74. The van der Waals surface area contributed by atoms with Crippen LogP contribution in [-0.2, 0) is 9.47 Å². The first-order chi connectivity index (χ1) is 6.63. The van der Waals surface area contributed by atoms with Gasteiger partial charge in [-0.15, -0.1) is 0 Å². The van der Waals surface area contributed by atoms with Crippen LogP contribution in [0.1, 0.15) is 25.7 Å². The highest BCUT2D eigenvalue weighted by atomic mass is 16.5. The number of nitrogens with one attached hydrogen (secondary N) is 2. The van der Waals surface area contributed by atoms with Crippen molar-refractivity contribution in [2.45, 2.75) is 25.7 Å². The maximum absolute atomic E-state index is 6.79. The number of nitrogens with two attached hydrogens (primary N) is 2. The molecule has 0 radical (unpaired) electrons. The van der Waals surface area contributed by atoms with Gasteiger partial charge in [-0.05, 0) is 25.7 Å². The van der Waals surface area contributed by atoms with Gasteiger partial charge in [0.05, 0.1) is 13.2 Å². The maximum Gasteiger partial charge on any atom is 0.278 e. The van der Waals surface area contributed by atoms with Gasteiger partial charge in [-0.2, -0.15) is 0 Å². The first kappa shape index (κ1) is 12.5. The third-order valence-corrected chi connectivity index (χ3v) is 1.55. The molecule has 0 atom stereocenters. The summed E-state index contributed by atoms with van der Waals surface area (Å²) in [4.78, 5) is 0. The van der Waals surface area contributed by atoms with Gasteiger partial charge in [-0.1, -0.05) is 0 Å². The lowest BCUT2D eigenvalue weighted by Crippen LogP contribution is -2.15. The second kappa shape index (κ2) is 8.15. The summed E-state index contributed by atoms with van der Waals surface area (Å²) in [5.74, 6) is 0. The van der Waals surface area contributed by atoms with Crippen LogP contribution < -0.4 is 11.5 Å². The van der Waals surface area contributed by atoms with Crippen LogP contribution >= 0.6 is 0 Å². The third kappa shape index (κ3) is 10.5. The molecule has 6 N–H and O–H groups in total. The Kier molecular flexibility index (Phi) is 7.30. The zero-order valence-electron chi connectivity index (χ0n) is 8.21. The van der Waals surface area contributed by atoms with Crippen LogP contribution in [0.2, 0.25) is 0 Å².